The third kappa shape index (κ3) is 4.59. The first-order valence-corrected chi connectivity index (χ1v) is 12.6. The highest BCUT2D eigenvalue weighted by Crippen LogP contribution is 2.36. The largest absolute Gasteiger partial charge is 0.352 e. The molecule has 1 saturated carbocycles. The van der Waals surface area contributed by atoms with E-state index in [0.29, 0.717) is 30.5 Å². The van der Waals surface area contributed by atoms with Gasteiger partial charge >= 0.3 is 0 Å². The molecule has 0 saturated heterocycles. The number of carbonyl (C=O) groups excluding carboxylic acids is 3. The summed E-state index contributed by atoms with van der Waals surface area (Å²) < 4.78 is 0. The summed E-state index contributed by atoms with van der Waals surface area (Å²) in [7, 11) is 0. The average Bonchev–Trinajstić information content (AvgIpc) is 2.95. The number of amides is 3. The number of carbonyl (C=O) groups is 3. The molecule has 1 aliphatic heterocycles. The van der Waals surface area contributed by atoms with Gasteiger partial charge in [-0.2, -0.15) is 0 Å². The van der Waals surface area contributed by atoms with Gasteiger partial charge in [-0.05, 0) is 43.4 Å². The summed E-state index contributed by atoms with van der Waals surface area (Å²) in [5.74, 6) is -0.695. The number of rotatable bonds is 7. The van der Waals surface area contributed by atoms with Crippen LogP contribution in [0.1, 0.15) is 77.6 Å². The number of nitrogens with one attached hydrogen (secondary N) is 2. The summed E-state index contributed by atoms with van der Waals surface area (Å²) in [6.45, 7) is 3.83. The molecule has 2 unspecified atom stereocenters. The Morgan fingerprint density at radius 3 is 2.41 bits per heavy atom. The number of hydrogen-bond acceptors (Lipinski definition) is 3. The van der Waals surface area contributed by atoms with Crippen LogP contribution in [0.2, 0.25) is 0 Å². The van der Waals surface area contributed by atoms with E-state index in [4.69, 9.17) is 0 Å². The molecular weight excluding hydrogens is 426 g/mol. The molecule has 0 radical (unpaired) electrons. The molecule has 1 aliphatic carbocycles. The molecule has 6 heteroatoms. The Hall–Kier alpha value is -3.15. The number of hydrogen-bond donors (Lipinski definition) is 2. The van der Waals surface area contributed by atoms with Crippen molar-refractivity contribution in [3.63, 3.8) is 0 Å². The fourth-order valence-corrected chi connectivity index (χ4v) is 5.48. The Bertz CT molecular complexity index is 1040. The van der Waals surface area contributed by atoms with Crippen molar-refractivity contribution < 1.29 is 17.2 Å². The molecule has 6 nitrogen and oxygen atoms in total. The van der Waals surface area contributed by atoms with Crippen molar-refractivity contribution in [3.8, 4) is 0 Å². The summed E-state index contributed by atoms with van der Waals surface area (Å²) in [6.07, 6.45) is 6.48. The lowest BCUT2D eigenvalue weighted by atomic mass is 9.83. The molecule has 0 aromatic heterocycles. The molecule has 4 rings (SSSR count). The Morgan fingerprint density at radius 1 is 1.06 bits per heavy atom. The lowest BCUT2D eigenvalue weighted by Crippen LogP contribution is -2.65. The first kappa shape index (κ1) is 24.0. The molecule has 0 spiro atoms. The zero-order chi connectivity index (χ0) is 24.1. The number of anilines is 1. The Morgan fingerprint density at radius 2 is 1.74 bits per heavy atom. The number of para-hydroxylation sites is 1. The van der Waals surface area contributed by atoms with Crippen molar-refractivity contribution in [1.82, 2.24) is 10.2 Å². The maximum atomic E-state index is 14.1. The van der Waals surface area contributed by atoms with Gasteiger partial charge in [0.2, 0.25) is 5.91 Å². The molecule has 184 valence electrons. The standard InChI is InChI=1S/C28H35N3O3.2H2/c1-3-24(25(32)29-21-15-9-6-10-16-21)31-26(33)22-17-11-12-18-23(22)30-27(34)28(31,4-2)19-20-13-7-5-8-14-20;;/h5,7-8,11-14,17-18,21,24H,3-4,6,9-10,15-16,19H2,1-2H3,(H,29,32)(H,30,34);2*1H. The van der Waals surface area contributed by atoms with Gasteiger partial charge in [0, 0.05) is 15.3 Å². The minimum atomic E-state index is -1.19. The van der Waals surface area contributed by atoms with E-state index < -0.39 is 11.6 Å². The van der Waals surface area contributed by atoms with Crippen LogP contribution in [0, 0.1) is 0 Å². The van der Waals surface area contributed by atoms with E-state index in [2.05, 4.69) is 10.6 Å². The zero-order valence-corrected chi connectivity index (χ0v) is 20.2. The van der Waals surface area contributed by atoms with E-state index in [-0.39, 0.29) is 26.6 Å². The number of fused-ring (bicyclic) bond motifs is 1. The maximum Gasteiger partial charge on any atom is 0.257 e. The Balaban J connectivity index is 0.00000228. The maximum absolute atomic E-state index is 14.1. The van der Waals surface area contributed by atoms with Crippen LogP contribution >= 0.6 is 0 Å². The average molecular weight is 466 g/mol. The van der Waals surface area contributed by atoms with Crippen LogP contribution < -0.4 is 10.6 Å². The Labute approximate surface area is 205 Å². The molecule has 3 amide bonds. The number of benzene rings is 2. The van der Waals surface area contributed by atoms with Crippen LogP contribution in [0.15, 0.2) is 54.6 Å². The summed E-state index contributed by atoms with van der Waals surface area (Å²) in [5, 5.41) is 6.22. The normalized spacial score (nSPS) is 21.9. The highest BCUT2D eigenvalue weighted by Gasteiger charge is 2.51. The van der Waals surface area contributed by atoms with Crippen molar-refractivity contribution >= 4 is 23.4 Å². The molecule has 2 atom stereocenters. The highest BCUT2D eigenvalue weighted by molar-refractivity contribution is 6.13. The van der Waals surface area contributed by atoms with Gasteiger partial charge in [-0.3, -0.25) is 14.4 Å². The van der Waals surface area contributed by atoms with Gasteiger partial charge in [0.05, 0.1) is 11.3 Å². The van der Waals surface area contributed by atoms with E-state index in [9.17, 15) is 14.4 Å². The molecule has 1 fully saturated rings. The smallest absolute Gasteiger partial charge is 0.257 e. The van der Waals surface area contributed by atoms with Crippen molar-refractivity contribution in [3.05, 3.63) is 65.7 Å². The van der Waals surface area contributed by atoms with E-state index in [1.807, 2.05) is 44.2 Å². The lowest BCUT2D eigenvalue weighted by Gasteiger charge is -2.45. The van der Waals surface area contributed by atoms with Gasteiger partial charge in [-0.15, -0.1) is 0 Å². The van der Waals surface area contributed by atoms with Crippen LogP contribution in [-0.4, -0.2) is 40.2 Å². The molecule has 34 heavy (non-hydrogen) atoms. The van der Waals surface area contributed by atoms with Gasteiger partial charge in [-0.1, -0.05) is 75.6 Å². The highest BCUT2D eigenvalue weighted by atomic mass is 16.2. The topological polar surface area (TPSA) is 78.5 Å². The summed E-state index contributed by atoms with van der Waals surface area (Å²) >= 11 is 0. The van der Waals surface area contributed by atoms with Crippen molar-refractivity contribution in [2.45, 2.75) is 82.8 Å². The fraction of sp³-hybridized carbons (Fsp3) is 0.464. The minimum Gasteiger partial charge on any atom is -0.352 e. The van der Waals surface area contributed by atoms with Crippen LogP contribution in [0.5, 0.6) is 0 Å². The van der Waals surface area contributed by atoms with E-state index in [1.54, 1.807) is 29.2 Å². The molecule has 0 bridgehead atoms. The van der Waals surface area contributed by atoms with Crippen LogP contribution in [0.25, 0.3) is 0 Å². The second-order valence-corrected chi connectivity index (χ2v) is 9.49. The zero-order valence-electron chi connectivity index (χ0n) is 20.2. The van der Waals surface area contributed by atoms with Gasteiger partial charge in [0.15, 0.2) is 0 Å². The van der Waals surface area contributed by atoms with E-state index in [1.165, 1.54) is 6.42 Å². The van der Waals surface area contributed by atoms with E-state index >= 15 is 0 Å². The monoisotopic (exact) mass is 465 g/mol. The predicted molar refractivity (Wildman–Crippen MR) is 138 cm³/mol. The lowest BCUT2D eigenvalue weighted by molar-refractivity contribution is -0.135. The Kier molecular flexibility index (Phi) is 7.35. The van der Waals surface area contributed by atoms with Crippen molar-refractivity contribution in [2.75, 3.05) is 5.32 Å². The molecule has 2 N–H and O–H groups in total. The van der Waals surface area contributed by atoms with Crippen LogP contribution in [0.4, 0.5) is 5.69 Å². The minimum absolute atomic E-state index is 0. The number of nitrogens with zero attached hydrogens (tertiary/aromatic N) is 1. The molecule has 2 aliphatic rings. The first-order valence-electron chi connectivity index (χ1n) is 12.6. The van der Waals surface area contributed by atoms with Gasteiger partial charge in [0.1, 0.15) is 11.6 Å². The predicted octanol–water partition coefficient (Wildman–Crippen LogP) is 5.19. The third-order valence-corrected chi connectivity index (χ3v) is 7.39. The van der Waals surface area contributed by atoms with Crippen molar-refractivity contribution in [1.29, 1.82) is 0 Å². The third-order valence-electron chi connectivity index (χ3n) is 7.39. The van der Waals surface area contributed by atoms with Crippen LogP contribution in [0.3, 0.4) is 0 Å². The van der Waals surface area contributed by atoms with Gasteiger partial charge in [0.25, 0.3) is 11.8 Å². The summed E-state index contributed by atoms with van der Waals surface area (Å²) in [4.78, 5) is 43.2. The van der Waals surface area contributed by atoms with Gasteiger partial charge in [-0.25, -0.2) is 0 Å². The molecule has 2 aromatic rings. The summed E-state index contributed by atoms with van der Waals surface area (Å²) in [6, 6.07) is 16.2. The SMILES string of the molecule is CCC(C(=O)NC1CCCCC1)N1C(=O)c2ccccc2NC(=O)C1(CC)Cc1ccccc1.[HH].[HH]. The second kappa shape index (κ2) is 10.4. The van der Waals surface area contributed by atoms with E-state index in [0.717, 1.165) is 31.2 Å². The van der Waals surface area contributed by atoms with Gasteiger partial charge < -0.3 is 15.5 Å². The molecule has 1 heterocycles. The quantitative estimate of drug-likeness (QED) is 0.590. The second-order valence-electron chi connectivity index (χ2n) is 9.49. The summed E-state index contributed by atoms with van der Waals surface area (Å²) in [5.41, 5.74) is 0.671. The van der Waals surface area contributed by atoms with Crippen molar-refractivity contribution in [2.24, 2.45) is 0 Å². The molecular formula is C28H39N3O3. The fourth-order valence-electron chi connectivity index (χ4n) is 5.48. The molecule has 2 aromatic carbocycles. The van der Waals surface area contributed by atoms with Crippen LogP contribution in [-0.2, 0) is 16.0 Å². The first-order chi connectivity index (χ1) is 16.5.